The van der Waals surface area contributed by atoms with Crippen LogP contribution >= 0.6 is 0 Å². The Morgan fingerprint density at radius 3 is 2.73 bits per heavy atom. The van der Waals surface area contributed by atoms with Gasteiger partial charge in [0.25, 0.3) is 0 Å². The van der Waals surface area contributed by atoms with E-state index >= 15 is 0 Å². The van der Waals surface area contributed by atoms with Crippen LogP contribution in [0.2, 0.25) is 0 Å². The lowest BCUT2D eigenvalue weighted by atomic mass is 10.4. The van der Waals surface area contributed by atoms with Crippen molar-refractivity contribution >= 4 is 6.34 Å². The van der Waals surface area contributed by atoms with Gasteiger partial charge in [0.2, 0.25) is 0 Å². The van der Waals surface area contributed by atoms with E-state index < -0.39 is 0 Å². The zero-order valence-electron chi connectivity index (χ0n) is 7.54. The van der Waals surface area contributed by atoms with Gasteiger partial charge in [-0.2, -0.15) is 0 Å². The normalized spacial score (nSPS) is 11.2. The number of allylic oxidation sites excluding steroid dienone is 2. The molecule has 0 radical (unpaired) electrons. The van der Waals surface area contributed by atoms with E-state index in [1.807, 2.05) is 37.9 Å². The summed E-state index contributed by atoms with van der Waals surface area (Å²) in [5.41, 5.74) is 0.949. The van der Waals surface area contributed by atoms with Gasteiger partial charge in [0.15, 0.2) is 0 Å². The van der Waals surface area contributed by atoms with E-state index in [1.165, 1.54) is 0 Å². The highest BCUT2D eigenvalue weighted by atomic mass is 15.1. The maximum absolute atomic E-state index is 4.08. The lowest BCUT2D eigenvalue weighted by Gasteiger charge is -2.11. The predicted molar refractivity (Wildman–Crippen MR) is 50.8 cm³/mol. The van der Waals surface area contributed by atoms with E-state index in [9.17, 15) is 0 Å². The fourth-order valence-corrected chi connectivity index (χ4v) is 0.588. The molecule has 0 aliphatic heterocycles. The zero-order valence-corrected chi connectivity index (χ0v) is 7.54. The number of likely N-dealkylation sites (N-methyl/N-ethyl adjacent to an activating group) is 1. The van der Waals surface area contributed by atoms with Gasteiger partial charge in [-0.15, -0.1) is 0 Å². The summed E-state index contributed by atoms with van der Waals surface area (Å²) in [5, 5.41) is 0. The maximum atomic E-state index is 4.08. The first kappa shape index (κ1) is 9.95. The molecule has 0 rings (SSSR count). The van der Waals surface area contributed by atoms with Crippen LogP contribution in [0.3, 0.4) is 0 Å². The molecule has 0 unspecified atom stereocenters. The molecule has 0 aromatic heterocycles. The van der Waals surface area contributed by atoms with Crippen LogP contribution in [0.4, 0.5) is 0 Å². The average Bonchev–Trinajstić information content (AvgIpc) is 2.00. The van der Waals surface area contributed by atoms with Crippen LogP contribution in [0.5, 0.6) is 0 Å². The van der Waals surface area contributed by atoms with Crippen LogP contribution < -0.4 is 0 Å². The molecule has 0 aromatic carbocycles. The topological polar surface area (TPSA) is 15.6 Å². The van der Waals surface area contributed by atoms with Gasteiger partial charge < -0.3 is 4.90 Å². The second-order valence-electron chi connectivity index (χ2n) is 2.22. The second-order valence-corrected chi connectivity index (χ2v) is 2.22. The van der Waals surface area contributed by atoms with Gasteiger partial charge in [-0.3, -0.25) is 4.99 Å². The van der Waals surface area contributed by atoms with Crippen molar-refractivity contribution in [3.63, 3.8) is 0 Å². The Morgan fingerprint density at radius 2 is 2.27 bits per heavy atom. The summed E-state index contributed by atoms with van der Waals surface area (Å²) < 4.78 is 0. The van der Waals surface area contributed by atoms with Gasteiger partial charge in [0, 0.05) is 19.3 Å². The molecule has 0 aliphatic carbocycles. The van der Waals surface area contributed by atoms with Crippen molar-refractivity contribution in [2.45, 2.75) is 13.8 Å². The van der Waals surface area contributed by atoms with Crippen LogP contribution in [0.1, 0.15) is 13.8 Å². The highest BCUT2D eigenvalue weighted by molar-refractivity contribution is 5.58. The highest BCUT2D eigenvalue weighted by Gasteiger charge is 1.90. The summed E-state index contributed by atoms with van der Waals surface area (Å²) in [6.45, 7) is 8.63. The first-order valence-electron chi connectivity index (χ1n) is 3.76. The van der Waals surface area contributed by atoms with Gasteiger partial charge in [-0.05, 0) is 19.9 Å². The van der Waals surface area contributed by atoms with E-state index in [1.54, 1.807) is 6.34 Å². The van der Waals surface area contributed by atoms with Crippen molar-refractivity contribution in [3.8, 4) is 0 Å². The van der Waals surface area contributed by atoms with Gasteiger partial charge in [-0.1, -0.05) is 12.7 Å². The van der Waals surface area contributed by atoms with Crippen molar-refractivity contribution < 1.29 is 0 Å². The van der Waals surface area contributed by atoms with E-state index in [0.29, 0.717) is 0 Å². The zero-order chi connectivity index (χ0) is 8.69. The molecule has 0 bridgehead atoms. The molecule has 0 saturated heterocycles. The summed E-state index contributed by atoms with van der Waals surface area (Å²) in [5.74, 6) is 0. The molecule has 0 amide bonds. The van der Waals surface area contributed by atoms with E-state index in [2.05, 4.69) is 11.6 Å². The Hall–Kier alpha value is -1.05. The van der Waals surface area contributed by atoms with Crippen molar-refractivity contribution in [3.05, 3.63) is 24.4 Å². The maximum Gasteiger partial charge on any atom is 0.0891 e. The highest BCUT2D eigenvalue weighted by Crippen LogP contribution is 1.96. The molecule has 0 spiro atoms. The minimum atomic E-state index is 0.813. The van der Waals surface area contributed by atoms with Gasteiger partial charge in [0.1, 0.15) is 0 Å². The summed E-state index contributed by atoms with van der Waals surface area (Å²) in [7, 11) is 1.93. The standard InChI is InChI=1S/C9H16N2/c1-5-7-9(3)11(4)8-10-6-2/h5,7-8H,3,6H2,1-2,4H3/b7-5-,10-8?. The molecule has 2 nitrogen and oxygen atoms in total. The average molecular weight is 152 g/mol. The SMILES string of the molecule is C=C(/C=C\C)N(C)C=NCC. The van der Waals surface area contributed by atoms with Crippen LogP contribution in [0.15, 0.2) is 29.4 Å². The Morgan fingerprint density at radius 1 is 1.64 bits per heavy atom. The third kappa shape index (κ3) is 4.37. The number of nitrogens with zero attached hydrogens (tertiary/aromatic N) is 2. The quantitative estimate of drug-likeness (QED) is 0.342. The molecule has 0 heterocycles. The largest absolute Gasteiger partial charge is 0.336 e. The Balaban J connectivity index is 3.92. The summed E-state index contributed by atoms with van der Waals surface area (Å²) in [6.07, 6.45) is 5.68. The lowest BCUT2D eigenvalue weighted by molar-refractivity contribution is 0.667. The van der Waals surface area contributed by atoms with Gasteiger partial charge in [-0.25, -0.2) is 0 Å². The van der Waals surface area contributed by atoms with Crippen LogP contribution in [0.25, 0.3) is 0 Å². The summed E-state index contributed by atoms with van der Waals surface area (Å²) in [6, 6.07) is 0. The fraction of sp³-hybridized carbons (Fsp3) is 0.444. The molecule has 11 heavy (non-hydrogen) atoms. The van der Waals surface area contributed by atoms with Crippen molar-refractivity contribution in [2.75, 3.05) is 13.6 Å². The molecule has 0 aliphatic rings. The lowest BCUT2D eigenvalue weighted by Crippen LogP contribution is -2.13. The number of hydrogen-bond acceptors (Lipinski definition) is 1. The first-order valence-corrected chi connectivity index (χ1v) is 3.76. The van der Waals surface area contributed by atoms with Crippen molar-refractivity contribution in [1.82, 2.24) is 4.90 Å². The number of aliphatic imine (C=N–C) groups is 1. The minimum Gasteiger partial charge on any atom is -0.336 e. The molecule has 0 fully saturated rings. The van der Waals surface area contributed by atoms with Gasteiger partial charge >= 0.3 is 0 Å². The van der Waals surface area contributed by atoms with E-state index in [-0.39, 0.29) is 0 Å². The van der Waals surface area contributed by atoms with Crippen LogP contribution in [-0.2, 0) is 0 Å². The Kier molecular flexibility index (Phi) is 5.17. The molecule has 0 N–H and O–H groups in total. The first-order chi connectivity index (χ1) is 5.22. The van der Waals surface area contributed by atoms with Crippen LogP contribution in [0, 0.1) is 0 Å². The number of hydrogen-bond donors (Lipinski definition) is 0. The smallest absolute Gasteiger partial charge is 0.0891 e. The molecule has 62 valence electrons. The predicted octanol–water partition coefficient (Wildman–Crippen LogP) is 2.06. The summed E-state index contributed by atoms with van der Waals surface area (Å²) >= 11 is 0. The molecular formula is C9H16N2. The third-order valence-corrected chi connectivity index (χ3v) is 1.25. The fourth-order valence-electron chi connectivity index (χ4n) is 0.588. The molecule has 2 heteroatoms. The molecule has 0 saturated carbocycles. The van der Waals surface area contributed by atoms with E-state index in [0.717, 1.165) is 12.2 Å². The van der Waals surface area contributed by atoms with Gasteiger partial charge in [0.05, 0.1) is 6.34 Å². The Labute approximate surface area is 68.9 Å². The number of rotatable bonds is 4. The van der Waals surface area contributed by atoms with E-state index in [4.69, 9.17) is 0 Å². The molecule has 0 aromatic rings. The second kappa shape index (κ2) is 5.71. The minimum absolute atomic E-state index is 0.813. The van der Waals surface area contributed by atoms with Crippen molar-refractivity contribution in [2.24, 2.45) is 4.99 Å². The Bertz CT molecular complexity index is 168. The van der Waals surface area contributed by atoms with Crippen LogP contribution in [-0.4, -0.2) is 24.8 Å². The van der Waals surface area contributed by atoms with Crippen molar-refractivity contribution in [1.29, 1.82) is 0 Å². The monoisotopic (exact) mass is 152 g/mol. The third-order valence-electron chi connectivity index (χ3n) is 1.25. The summed E-state index contributed by atoms with van der Waals surface area (Å²) in [4.78, 5) is 5.97. The molecular weight excluding hydrogens is 136 g/mol. The molecule has 0 atom stereocenters.